The van der Waals surface area contributed by atoms with E-state index >= 15 is 0 Å². The summed E-state index contributed by atoms with van der Waals surface area (Å²) in [6.07, 6.45) is 6.72. The molecule has 0 saturated carbocycles. The molecule has 2 N–H and O–H groups in total. The first kappa shape index (κ1) is 8.55. The number of hydrogen-bond acceptors (Lipinski definition) is 4. The minimum atomic E-state index is 0.448. The molecule has 0 unspecified atom stereocenters. The van der Waals surface area contributed by atoms with Crippen molar-refractivity contribution < 1.29 is 4.74 Å². The number of ether oxygens (including phenoxy) is 1. The van der Waals surface area contributed by atoms with Gasteiger partial charge in [-0.1, -0.05) is 0 Å². The summed E-state index contributed by atoms with van der Waals surface area (Å²) in [5.74, 6) is 1.12. The molecule has 0 aromatic carbocycles. The van der Waals surface area contributed by atoms with Crippen molar-refractivity contribution in [1.82, 2.24) is 14.5 Å². The average Bonchev–Trinajstić information content (AvgIpc) is 2.71. The first-order valence-electron chi connectivity index (χ1n) is 4.09. The maximum absolute atomic E-state index is 5.72. The Kier molecular flexibility index (Phi) is 2.06. The molecule has 0 atom stereocenters. The van der Waals surface area contributed by atoms with Crippen LogP contribution in [0.3, 0.4) is 0 Å². The van der Waals surface area contributed by atoms with E-state index in [0.717, 1.165) is 5.69 Å². The van der Waals surface area contributed by atoms with Gasteiger partial charge in [0.15, 0.2) is 0 Å². The lowest BCUT2D eigenvalue weighted by Crippen LogP contribution is -2.00. The first-order chi connectivity index (χ1) is 6.81. The molecule has 0 fully saturated rings. The number of hydrogen-bond donors (Lipinski definition) is 1. The van der Waals surface area contributed by atoms with E-state index < -0.39 is 0 Å². The van der Waals surface area contributed by atoms with Crippen LogP contribution in [0, 0.1) is 0 Å². The standard InChI is InChI=1S/C9H10N4O/c1-14-7-4-8(9(10)12-5-7)13-3-2-11-6-13/h2-6H,1H3,(H2,10,12). The molecule has 2 rings (SSSR count). The van der Waals surface area contributed by atoms with Crippen LogP contribution in [-0.2, 0) is 0 Å². The van der Waals surface area contributed by atoms with Crippen LogP contribution in [0.15, 0.2) is 31.0 Å². The molecule has 0 saturated heterocycles. The summed E-state index contributed by atoms with van der Waals surface area (Å²) in [4.78, 5) is 7.94. The van der Waals surface area contributed by atoms with E-state index in [1.807, 2.05) is 6.07 Å². The monoisotopic (exact) mass is 190 g/mol. The molecule has 72 valence electrons. The number of nitrogen functional groups attached to an aromatic ring is 1. The molecule has 2 aromatic heterocycles. The fourth-order valence-corrected chi connectivity index (χ4v) is 1.17. The van der Waals surface area contributed by atoms with E-state index in [-0.39, 0.29) is 0 Å². The predicted molar refractivity (Wildman–Crippen MR) is 52.3 cm³/mol. The first-order valence-corrected chi connectivity index (χ1v) is 4.09. The Hall–Kier alpha value is -2.04. The van der Waals surface area contributed by atoms with Crippen LogP contribution in [0.4, 0.5) is 5.82 Å². The van der Waals surface area contributed by atoms with Crippen molar-refractivity contribution in [3.05, 3.63) is 31.0 Å². The Balaban J connectivity index is 2.51. The summed E-state index contributed by atoms with van der Waals surface area (Å²) < 4.78 is 6.84. The molecule has 0 spiro atoms. The SMILES string of the molecule is COc1cnc(N)c(-n2ccnc2)c1. The summed E-state index contributed by atoms with van der Waals surface area (Å²) >= 11 is 0. The Morgan fingerprint density at radius 1 is 1.50 bits per heavy atom. The molecule has 2 heterocycles. The second-order valence-corrected chi connectivity index (χ2v) is 2.75. The van der Waals surface area contributed by atoms with E-state index in [9.17, 15) is 0 Å². The largest absolute Gasteiger partial charge is 0.495 e. The van der Waals surface area contributed by atoms with E-state index in [4.69, 9.17) is 10.5 Å². The van der Waals surface area contributed by atoms with Gasteiger partial charge >= 0.3 is 0 Å². The number of methoxy groups -OCH3 is 1. The molecule has 0 aliphatic carbocycles. The number of aromatic nitrogens is 3. The van der Waals surface area contributed by atoms with Crippen molar-refractivity contribution in [2.45, 2.75) is 0 Å². The Morgan fingerprint density at radius 3 is 3.00 bits per heavy atom. The third-order valence-electron chi connectivity index (χ3n) is 1.89. The van der Waals surface area contributed by atoms with Crippen LogP contribution in [0.5, 0.6) is 5.75 Å². The van der Waals surface area contributed by atoms with E-state index in [1.165, 1.54) is 0 Å². The number of pyridine rings is 1. The second kappa shape index (κ2) is 3.37. The average molecular weight is 190 g/mol. The maximum atomic E-state index is 5.72. The zero-order chi connectivity index (χ0) is 9.97. The molecular weight excluding hydrogens is 180 g/mol. The lowest BCUT2D eigenvalue weighted by atomic mass is 10.3. The molecule has 0 aliphatic heterocycles. The van der Waals surface area contributed by atoms with Gasteiger partial charge in [-0.2, -0.15) is 0 Å². The summed E-state index contributed by atoms with van der Waals surface area (Å²) in [5, 5.41) is 0. The van der Waals surface area contributed by atoms with Gasteiger partial charge in [0.05, 0.1) is 25.3 Å². The Morgan fingerprint density at radius 2 is 2.36 bits per heavy atom. The number of nitrogens with two attached hydrogens (primary N) is 1. The maximum Gasteiger partial charge on any atom is 0.148 e. The highest BCUT2D eigenvalue weighted by molar-refractivity contribution is 5.54. The smallest absolute Gasteiger partial charge is 0.148 e. The fourth-order valence-electron chi connectivity index (χ4n) is 1.17. The van der Waals surface area contributed by atoms with Gasteiger partial charge in [-0.15, -0.1) is 0 Å². The van der Waals surface area contributed by atoms with Crippen molar-refractivity contribution >= 4 is 5.82 Å². The van der Waals surface area contributed by atoms with Crippen LogP contribution in [0.25, 0.3) is 5.69 Å². The van der Waals surface area contributed by atoms with Gasteiger partial charge in [0, 0.05) is 18.5 Å². The third-order valence-corrected chi connectivity index (χ3v) is 1.89. The molecule has 0 amide bonds. The van der Waals surface area contributed by atoms with Gasteiger partial charge in [-0.25, -0.2) is 9.97 Å². The zero-order valence-corrected chi connectivity index (χ0v) is 7.71. The summed E-state index contributed by atoms with van der Waals surface area (Å²) in [5.41, 5.74) is 6.49. The van der Waals surface area contributed by atoms with E-state index in [0.29, 0.717) is 11.6 Å². The molecule has 0 aliphatic rings. The highest BCUT2D eigenvalue weighted by Crippen LogP contribution is 2.19. The van der Waals surface area contributed by atoms with Crippen LogP contribution < -0.4 is 10.5 Å². The quantitative estimate of drug-likeness (QED) is 0.762. The predicted octanol–water partition coefficient (Wildman–Crippen LogP) is 0.858. The van der Waals surface area contributed by atoms with Crippen molar-refractivity contribution in [1.29, 1.82) is 0 Å². The highest BCUT2D eigenvalue weighted by Gasteiger charge is 2.03. The van der Waals surface area contributed by atoms with Gasteiger partial charge in [0.1, 0.15) is 11.6 Å². The number of anilines is 1. The highest BCUT2D eigenvalue weighted by atomic mass is 16.5. The second-order valence-electron chi connectivity index (χ2n) is 2.75. The van der Waals surface area contributed by atoms with Gasteiger partial charge in [0.25, 0.3) is 0 Å². The van der Waals surface area contributed by atoms with E-state index in [2.05, 4.69) is 9.97 Å². The van der Waals surface area contributed by atoms with Crippen molar-refractivity contribution in [2.75, 3.05) is 12.8 Å². The van der Waals surface area contributed by atoms with E-state index in [1.54, 1.807) is 36.6 Å². The summed E-state index contributed by atoms with van der Waals surface area (Å²) in [6.45, 7) is 0. The van der Waals surface area contributed by atoms with Crippen molar-refractivity contribution in [3.63, 3.8) is 0 Å². The van der Waals surface area contributed by atoms with Gasteiger partial charge in [-0.3, -0.25) is 0 Å². The van der Waals surface area contributed by atoms with Gasteiger partial charge in [0.2, 0.25) is 0 Å². The van der Waals surface area contributed by atoms with Gasteiger partial charge in [-0.05, 0) is 0 Å². The van der Waals surface area contributed by atoms with Crippen molar-refractivity contribution in [3.8, 4) is 11.4 Å². The van der Waals surface area contributed by atoms with Crippen molar-refractivity contribution in [2.24, 2.45) is 0 Å². The molecule has 5 nitrogen and oxygen atoms in total. The Bertz CT molecular complexity index is 424. The number of nitrogens with zero attached hydrogens (tertiary/aromatic N) is 3. The molecule has 5 heteroatoms. The molecular formula is C9H10N4O. The summed E-state index contributed by atoms with van der Waals surface area (Å²) in [7, 11) is 1.59. The third kappa shape index (κ3) is 1.39. The number of imidazole rings is 1. The topological polar surface area (TPSA) is 66.0 Å². The molecule has 2 aromatic rings. The lowest BCUT2D eigenvalue weighted by Gasteiger charge is -2.07. The number of rotatable bonds is 2. The van der Waals surface area contributed by atoms with Crippen LogP contribution in [0.2, 0.25) is 0 Å². The molecule has 14 heavy (non-hydrogen) atoms. The zero-order valence-electron chi connectivity index (χ0n) is 7.71. The van der Waals surface area contributed by atoms with Crippen LogP contribution >= 0.6 is 0 Å². The molecule has 0 radical (unpaired) electrons. The fraction of sp³-hybridized carbons (Fsp3) is 0.111. The summed E-state index contributed by atoms with van der Waals surface area (Å²) in [6, 6.07) is 1.81. The van der Waals surface area contributed by atoms with Crippen LogP contribution in [-0.4, -0.2) is 21.6 Å². The van der Waals surface area contributed by atoms with Gasteiger partial charge < -0.3 is 15.0 Å². The minimum Gasteiger partial charge on any atom is -0.495 e. The normalized spacial score (nSPS) is 10.1. The molecule has 0 bridgehead atoms. The van der Waals surface area contributed by atoms with Crippen LogP contribution in [0.1, 0.15) is 0 Å². The lowest BCUT2D eigenvalue weighted by molar-refractivity contribution is 0.413. The minimum absolute atomic E-state index is 0.448. The Labute approximate surface area is 81.2 Å².